The van der Waals surface area contributed by atoms with Crippen LogP contribution < -0.4 is 10.6 Å². The number of nitrogens with one attached hydrogen (secondary N) is 2. The minimum atomic E-state index is -0.169. The fourth-order valence-electron chi connectivity index (χ4n) is 1.97. The number of carbonyl (C=O) groups is 1. The summed E-state index contributed by atoms with van der Waals surface area (Å²) in [7, 11) is 0. The van der Waals surface area contributed by atoms with Crippen LogP contribution in [0.2, 0.25) is 5.28 Å². The van der Waals surface area contributed by atoms with Crippen LogP contribution in [0.25, 0.3) is 0 Å². The number of aryl methyl sites for hydroxylation is 1. The zero-order valence-corrected chi connectivity index (χ0v) is 9.51. The van der Waals surface area contributed by atoms with Gasteiger partial charge in [0, 0.05) is 0 Å². The van der Waals surface area contributed by atoms with E-state index in [0.29, 0.717) is 23.1 Å². The van der Waals surface area contributed by atoms with Crippen LogP contribution in [0.15, 0.2) is 0 Å². The van der Waals surface area contributed by atoms with Crippen LogP contribution >= 0.6 is 11.6 Å². The van der Waals surface area contributed by atoms with Crippen molar-refractivity contribution in [3.05, 3.63) is 11.0 Å². The largest absolute Gasteiger partial charge is 0.356 e. The Morgan fingerprint density at radius 2 is 2.12 bits per heavy atom. The Morgan fingerprint density at radius 1 is 1.38 bits per heavy atom. The first-order chi connectivity index (χ1) is 7.65. The number of amides is 1. The molecule has 1 atom stereocenters. The van der Waals surface area contributed by atoms with Crippen molar-refractivity contribution in [1.82, 2.24) is 9.97 Å². The average Bonchev–Trinajstić information content (AvgIpc) is 3.02. The van der Waals surface area contributed by atoms with Crippen molar-refractivity contribution in [2.75, 3.05) is 10.6 Å². The van der Waals surface area contributed by atoms with E-state index in [4.69, 9.17) is 11.6 Å². The zero-order valence-electron chi connectivity index (χ0n) is 8.75. The standard InChI is InChI=1S/C10H11ClN4O/c1-4-6-8(15-10(11)12-4)13-7(5-2-3-5)9(16)14-6/h5,7H,2-3H2,1H3,(H,14,16)(H,12,13,15). The number of halogens is 1. The Labute approximate surface area is 97.6 Å². The van der Waals surface area contributed by atoms with Crippen LogP contribution in [0.1, 0.15) is 18.5 Å². The Hall–Kier alpha value is -1.36. The number of aromatic nitrogens is 2. The van der Waals surface area contributed by atoms with Gasteiger partial charge in [-0.3, -0.25) is 4.79 Å². The Bertz CT molecular complexity index is 472. The van der Waals surface area contributed by atoms with E-state index in [9.17, 15) is 4.79 Å². The molecular weight excluding hydrogens is 228 g/mol. The maximum Gasteiger partial charge on any atom is 0.247 e. The molecule has 1 unspecified atom stereocenters. The van der Waals surface area contributed by atoms with Crippen LogP contribution in [0.4, 0.5) is 11.5 Å². The number of hydrogen-bond acceptors (Lipinski definition) is 4. The lowest BCUT2D eigenvalue weighted by atomic mass is 10.1. The minimum absolute atomic E-state index is 0.00372. The summed E-state index contributed by atoms with van der Waals surface area (Å²) in [5.74, 6) is 1.07. The quantitative estimate of drug-likeness (QED) is 0.729. The maximum absolute atomic E-state index is 11.8. The van der Waals surface area contributed by atoms with Crippen LogP contribution in [0.5, 0.6) is 0 Å². The molecule has 1 saturated carbocycles. The van der Waals surface area contributed by atoms with Gasteiger partial charge in [0.05, 0.1) is 5.69 Å². The number of nitrogens with zero attached hydrogens (tertiary/aromatic N) is 2. The molecule has 2 heterocycles. The van der Waals surface area contributed by atoms with Gasteiger partial charge < -0.3 is 10.6 Å². The van der Waals surface area contributed by atoms with Gasteiger partial charge in [-0.2, -0.15) is 4.98 Å². The molecule has 16 heavy (non-hydrogen) atoms. The monoisotopic (exact) mass is 238 g/mol. The molecule has 1 aliphatic carbocycles. The van der Waals surface area contributed by atoms with Crippen LogP contribution in [-0.2, 0) is 4.79 Å². The molecule has 0 spiro atoms. The van der Waals surface area contributed by atoms with Crippen molar-refractivity contribution >= 4 is 29.0 Å². The molecular formula is C10H11ClN4O. The molecule has 1 fully saturated rings. The second-order valence-electron chi connectivity index (χ2n) is 4.25. The summed E-state index contributed by atoms with van der Waals surface area (Å²) >= 11 is 5.79. The molecule has 0 radical (unpaired) electrons. The first-order valence-corrected chi connectivity index (χ1v) is 5.64. The molecule has 84 valence electrons. The fraction of sp³-hybridized carbons (Fsp3) is 0.500. The van der Waals surface area contributed by atoms with E-state index in [1.54, 1.807) is 6.92 Å². The number of hydrogen-bond donors (Lipinski definition) is 2. The SMILES string of the molecule is Cc1nc(Cl)nc2c1NC(=O)C(C1CC1)N2. The second kappa shape index (κ2) is 3.31. The van der Waals surface area contributed by atoms with Gasteiger partial charge in [0.1, 0.15) is 11.7 Å². The second-order valence-corrected chi connectivity index (χ2v) is 4.59. The average molecular weight is 239 g/mol. The summed E-state index contributed by atoms with van der Waals surface area (Å²) in [6.45, 7) is 1.80. The molecule has 1 aliphatic heterocycles. The summed E-state index contributed by atoms with van der Waals surface area (Å²) in [5, 5.41) is 6.19. The van der Waals surface area contributed by atoms with Gasteiger partial charge in [-0.15, -0.1) is 0 Å². The molecule has 2 aliphatic rings. The number of anilines is 2. The Morgan fingerprint density at radius 3 is 2.81 bits per heavy atom. The predicted molar refractivity (Wildman–Crippen MR) is 60.5 cm³/mol. The van der Waals surface area contributed by atoms with Gasteiger partial charge >= 0.3 is 0 Å². The zero-order chi connectivity index (χ0) is 11.3. The van der Waals surface area contributed by atoms with Crippen molar-refractivity contribution in [2.24, 2.45) is 5.92 Å². The van der Waals surface area contributed by atoms with E-state index >= 15 is 0 Å². The van der Waals surface area contributed by atoms with Crippen molar-refractivity contribution in [3.63, 3.8) is 0 Å². The molecule has 0 bridgehead atoms. The van der Waals surface area contributed by atoms with Gasteiger partial charge in [0.15, 0.2) is 5.82 Å². The lowest BCUT2D eigenvalue weighted by molar-refractivity contribution is -0.117. The van der Waals surface area contributed by atoms with Crippen molar-refractivity contribution in [2.45, 2.75) is 25.8 Å². The van der Waals surface area contributed by atoms with Crippen molar-refractivity contribution in [1.29, 1.82) is 0 Å². The van der Waals surface area contributed by atoms with E-state index in [1.165, 1.54) is 0 Å². The third-order valence-corrected chi connectivity index (χ3v) is 3.15. The molecule has 2 N–H and O–H groups in total. The highest BCUT2D eigenvalue weighted by atomic mass is 35.5. The van der Waals surface area contributed by atoms with E-state index < -0.39 is 0 Å². The minimum Gasteiger partial charge on any atom is -0.356 e. The van der Waals surface area contributed by atoms with E-state index in [0.717, 1.165) is 12.8 Å². The summed E-state index contributed by atoms with van der Waals surface area (Å²) in [5.41, 5.74) is 1.33. The van der Waals surface area contributed by atoms with E-state index in [-0.39, 0.29) is 17.2 Å². The fourth-order valence-corrected chi connectivity index (χ4v) is 2.18. The number of fused-ring (bicyclic) bond motifs is 1. The van der Waals surface area contributed by atoms with Gasteiger partial charge in [0.2, 0.25) is 11.2 Å². The van der Waals surface area contributed by atoms with Gasteiger partial charge in [0.25, 0.3) is 0 Å². The molecule has 1 aromatic rings. The summed E-state index contributed by atoms with van der Waals surface area (Å²) in [6.07, 6.45) is 2.19. The lowest BCUT2D eigenvalue weighted by Gasteiger charge is -2.26. The highest BCUT2D eigenvalue weighted by molar-refractivity contribution is 6.28. The molecule has 1 aromatic heterocycles. The lowest BCUT2D eigenvalue weighted by Crippen LogP contribution is -2.41. The van der Waals surface area contributed by atoms with E-state index in [2.05, 4.69) is 20.6 Å². The van der Waals surface area contributed by atoms with Crippen LogP contribution in [0, 0.1) is 12.8 Å². The molecule has 1 amide bonds. The molecule has 3 rings (SSSR count). The van der Waals surface area contributed by atoms with Gasteiger partial charge in [-0.25, -0.2) is 4.98 Å². The summed E-state index contributed by atoms with van der Waals surface area (Å²) in [4.78, 5) is 19.9. The van der Waals surface area contributed by atoms with Crippen LogP contribution in [0.3, 0.4) is 0 Å². The highest BCUT2D eigenvalue weighted by Gasteiger charge is 2.39. The molecule has 6 heteroatoms. The summed E-state index contributed by atoms with van der Waals surface area (Å²) in [6, 6.07) is -0.169. The Balaban J connectivity index is 2.00. The smallest absolute Gasteiger partial charge is 0.247 e. The topological polar surface area (TPSA) is 66.9 Å². The first-order valence-electron chi connectivity index (χ1n) is 5.26. The molecule has 5 nitrogen and oxygen atoms in total. The van der Waals surface area contributed by atoms with Gasteiger partial charge in [-0.1, -0.05) is 0 Å². The first kappa shape index (κ1) is 9.84. The van der Waals surface area contributed by atoms with Crippen molar-refractivity contribution in [3.8, 4) is 0 Å². The number of carbonyl (C=O) groups excluding carboxylic acids is 1. The van der Waals surface area contributed by atoms with Gasteiger partial charge in [-0.05, 0) is 37.3 Å². The predicted octanol–water partition coefficient (Wildman–Crippen LogP) is 1.58. The highest BCUT2D eigenvalue weighted by Crippen LogP contribution is 2.38. The third kappa shape index (κ3) is 1.51. The Kier molecular flexibility index (Phi) is 2.04. The third-order valence-electron chi connectivity index (χ3n) is 2.98. The van der Waals surface area contributed by atoms with Crippen LogP contribution in [-0.4, -0.2) is 21.9 Å². The molecule has 0 saturated heterocycles. The number of rotatable bonds is 1. The molecule has 0 aromatic carbocycles. The maximum atomic E-state index is 11.8. The summed E-state index contributed by atoms with van der Waals surface area (Å²) < 4.78 is 0. The van der Waals surface area contributed by atoms with Crippen molar-refractivity contribution < 1.29 is 4.79 Å². The van der Waals surface area contributed by atoms with E-state index in [1.807, 2.05) is 0 Å². The normalized spacial score (nSPS) is 23.4.